The number of ether oxygens (including phenoxy) is 3. The highest BCUT2D eigenvalue weighted by Gasteiger charge is 2.18. The highest BCUT2D eigenvalue weighted by Crippen LogP contribution is 2.31. The summed E-state index contributed by atoms with van der Waals surface area (Å²) in [5, 5.41) is 10.5. The van der Waals surface area contributed by atoms with Crippen molar-refractivity contribution in [3.8, 4) is 5.75 Å². The summed E-state index contributed by atoms with van der Waals surface area (Å²) in [5.74, 6) is -1.03. The summed E-state index contributed by atoms with van der Waals surface area (Å²) in [5.41, 5.74) is -0.703. The van der Waals surface area contributed by atoms with Crippen LogP contribution in [0.15, 0.2) is 12.1 Å². The molecule has 0 fully saturated rings. The maximum atomic E-state index is 13.1. The lowest BCUT2D eigenvalue weighted by Crippen LogP contribution is -2.08. The molecule has 0 aliphatic rings. The molecule has 0 saturated carbocycles. The first-order valence-corrected chi connectivity index (χ1v) is 5.27. The molecule has 6 nitrogen and oxygen atoms in total. The predicted octanol–water partition coefficient (Wildman–Crippen LogP) is 2.39. The summed E-state index contributed by atoms with van der Waals surface area (Å²) in [6.07, 6.45) is 0. The van der Waals surface area contributed by atoms with Gasteiger partial charge in [-0.15, -0.1) is 0 Å². The van der Waals surface area contributed by atoms with Crippen molar-refractivity contribution in [2.24, 2.45) is 0 Å². The molecule has 0 atom stereocenters. The van der Waals surface area contributed by atoms with Crippen LogP contribution in [0, 0.1) is 15.9 Å². The molecule has 0 aliphatic heterocycles. The molecule has 8 heteroatoms. The Kier molecular flexibility index (Phi) is 5.76. The predicted molar refractivity (Wildman–Crippen MR) is 61.4 cm³/mol. The average Bonchev–Trinajstić information content (AvgIpc) is 2.30. The zero-order valence-corrected chi connectivity index (χ0v) is 10.3. The largest absolute Gasteiger partial charge is 0.466 e. The fourth-order valence-corrected chi connectivity index (χ4v) is 1.28. The Morgan fingerprint density at radius 3 is 2.78 bits per heavy atom. The van der Waals surface area contributed by atoms with Gasteiger partial charge in [0.2, 0.25) is 5.82 Å². The molecule has 0 unspecified atom stereocenters. The summed E-state index contributed by atoms with van der Waals surface area (Å²) < 4.78 is 27.9. The van der Waals surface area contributed by atoms with Gasteiger partial charge in [0, 0.05) is 13.2 Å². The molecule has 0 bridgehead atoms. The second kappa shape index (κ2) is 7.10. The van der Waals surface area contributed by atoms with Gasteiger partial charge in [-0.1, -0.05) is 11.6 Å². The number of rotatable bonds is 7. The van der Waals surface area contributed by atoms with E-state index in [1.807, 2.05) is 0 Å². The number of hydrogen-bond donors (Lipinski definition) is 0. The third-order valence-electron chi connectivity index (χ3n) is 1.93. The Hall–Kier alpha value is -1.44. The van der Waals surface area contributed by atoms with Crippen molar-refractivity contribution in [3.63, 3.8) is 0 Å². The zero-order valence-electron chi connectivity index (χ0n) is 9.52. The van der Waals surface area contributed by atoms with Gasteiger partial charge in [0.05, 0.1) is 29.2 Å². The van der Waals surface area contributed by atoms with E-state index in [1.54, 1.807) is 0 Å². The Bertz CT molecular complexity index is 429. The molecule has 1 aromatic carbocycles. The van der Waals surface area contributed by atoms with Gasteiger partial charge in [-0.25, -0.2) is 0 Å². The maximum Gasteiger partial charge on any atom is 0.308 e. The zero-order chi connectivity index (χ0) is 13.5. The van der Waals surface area contributed by atoms with Crippen LogP contribution in [-0.2, 0) is 9.47 Å². The van der Waals surface area contributed by atoms with Crippen molar-refractivity contribution in [2.45, 2.75) is 0 Å². The van der Waals surface area contributed by atoms with Crippen molar-refractivity contribution in [3.05, 3.63) is 33.1 Å². The van der Waals surface area contributed by atoms with Crippen LogP contribution >= 0.6 is 11.6 Å². The Labute approximate surface area is 107 Å². The number of hydrogen-bond acceptors (Lipinski definition) is 5. The number of benzene rings is 1. The molecular formula is C10H11ClFNO5. The normalized spacial score (nSPS) is 10.4. The summed E-state index contributed by atoms with van der Waals surface area (Å²) in [4.78, 5) is 9.66. The van der Waals surface area contributed by atoms with Crippen molar-refractivity contribution in [1.29, 1.82) is 0 Å². The summed E-state index contributed by atoms with van der Waals surface area (Å²) in [6.45, 7) is 0.532. The standard InChI is InChI=1S/C10H11ClFNO5/c1-16-2-3-17-6-18-10-5-9(13(14)15)8(12)4-7(10)11/h4-5H,2-3,6H2,1H3. The minimum absolute atomic E-state index is 0.0119. The van der Waals surface area contributed by atoms with E-state index in [-0.39, 0.29) is 17.6 Å². The van der Waals surface area contributed by atoms with Gasteiger partial charge in [0.15, 0.2) is 6.79 Å². The van der Waals surface area contributed by atoms with E-state index in [4.69, 9.17) is 25.8 Å². The number of nitro groups is 1. The monoisotopic (exact) mass is 279 g/mol. The molecular weight excluding hydrogens is 269 g/mol. The lowest BCUT2D eigenvalue weighted by atomic mass is 10.3. The topological polar surface area (TPSA) is 70.8 Å². The first-order chi connectivity index (χ1) is 8.56. The quantitative estimate of drug-likeness (QED) is 0.332. The van der Waals surface area contributed by atoms with Gasteiger partial charge >= 0.3 is 5.69 Å². The first kappa shape index (κ1) is 14.6. The van der Waals surface area contributed by atoms with Crippen molar-refractivity contribution in [2.75, 3.05) is 27.1 Å². The van der Waals surface area contributed by atoms with Crippen LogP contribution in [0.25, 0.3) is 0 Å². The second-order valence-corrected chi connectivity index (χ2v) is 3.56. The lowest BCUT2D eigenvalue weighted by molar-refractivity contribution is -0.387. The number of nitro benzene ring substituents is 1. The minimum Gasteiger partial charge on any atom is -0.466 e. The lowest BCUT2D eigenvalue weighted by Gasteiger charge is -2.08. The third-order valence-corrected chi connectivity index (χ3v) is 2.22. The summed E-state index contributed by atoms with van der Waals surface area (Å²) >= 11 is 5.68. The Balaban J connectivity index is 2.65. The maximum absolute atomic E-state index is 13.1. The van der Waals surface area contributed by atoms with Crippen LogP contribution in [0.5, 0.6) is 5.75 Å². The van der Waals surface area contributed by atoms with E-state index < -0.39 is 16.4 Å². The van der Waals surface area contributed by atoms with Gasteiger partial charge in [0.25, 0.3) is 0 Å². The first-order valence-electron chi connectivity index (χ1n) is 4.89. The molecule has 0 saturated heterocycles. The van der Waals surface area contributed by atoms with Crippen molar-refractivity contribution in [1.82, 2.24) is 0 Å². The molecule has 0 heterocycles. The van der Waals surface area contributed by atoms with E-state index in [0.717, 1.165) is 12.1 Å². The molecule has 0 aromatic heterocycles. The van der Waals surface area contributed by atoms with Gasteiger partial charge < -0.3 is 14.2 Å². The minimum atomic E-state index is -1.02. The number of nitrogens with zero attached hydrogens (tertiary/aromatic N) is 1. The average molecular weight is 280 g/mol. The second-order valence-electron chi connectivity index (χ2n) is 3.15. The molecule has 0 aliphatic carbocycles. The van der Waals surface area contributed by atoms with Crippen LogP contribution in [0.1, 0.15) is 0 Å². The van der Waals surface area contributed by atoms with Crippen molar-refractivity contribution >= 4 is 17.3 Å². The molecule has 0 N–H and O–H groups in total. The molecule has 100 valence electrons. The molecule has 0 spiro atoms. The van der Waals surface area contributed by atoms with Crippen LogP contribution in [0.3, 0.4) is 0 Å². The smallest absolute Gasteiger partial charge is 0.308 e. The number of halogens is 2. The Morgan fingerprint density at radius 1 is 1.44 bits per heavy atom. The van der Waals surface area contributed by atoms with Gasteiger partial charge in [0.1, 0.15) is 5.75 Å². The fraction of sp³-hybridized carbons (Fsp3) is 0.400. The van der Waals surface area contributed by atoms with Gasteiger partial charge in [-0.05, 0) is 0 Å². The van der Waals surface area contributed by atoms with Gasteiger partial charge in [-0.3, -0.25) is 10.1 Å². The molecule has 1 aromatic rings. The Morgan fingerprint density at radius 2 is 2.17 bits per heavy atom. The van der Waals surface area contributed by atoms with Gasteiger partial charge in [-0.2, -0.15) is 4.39 Å². The highest BCUT2D eigenvalue weighted by atomic mass is 35.5. The number of methoxy groups -OCH3 is 1. The third kappa shape index (κ3) is 4.10. The van der Waals surface area contributed by atoms with Crippen LogP contribution in [0.2, 0.25) is 5.02 Å². The van der Waals surface area contributed by atoms with E-state index >= 15 is 0 Å². The molecule has 1 rings (SSSR count). The van der Waals surface area contributed by atoms with Crippen LogP contribution in [-0.4, -0.2) is 32.0 Å². The SMILES string of the molecule is COCCOCOc1cc([N+](=O)[O-])c(F)cc1Cl. The van der Waals surface area contributed by atoms with E-state index in [2.05, 4.69) is 0 Å². The van der Waals surface area contributed by atoms with E-state index in [0.29, 0.717) is 13.2 Å². The molecule has 18 heavy (non-hydrogen) atoms. The fourth-order valence-electron chi connectivity index (χ4n) is 1.08. The summed E-state index contributed by atoms with van der Waals surface area (Å²) in [6, 6.07) is 1.74. The van der Waals surface area contributed by atoms with E-state index in [9.17, 15) is 14.5 Å². The molecule has 0 amide bonds. The van der Waals surface area contributed by atoms with Crippen LogP contribution in [0.4, 0.5) is 10.1 Å². The van der Waals surface area contributed by atoms with E-state index in [1.165, 1.54) is 7.11 Å². The van der Waals surface area contributed by atoms with Crippen LogP contribution < -0.4 is 4.74 Å². The highest BCUT2D eigenvalue weighted by molar-refractivity contribution is 6.32. The summed E-state index contributed by atoms with van der Waals surface area (Å²) in [7, 11) is 1.52. The molecule has 0 radical (unpaired) electrons. The van der Waals surface area contributed by atoms with Crippen molar-refractivity contribution < 1.29 is 23.5 Å².